The molecule has 0 aliphatic heterocycles. The zero-order chi connectivity index (χ0) is 19.9. The molecule has 4 rings (SSSR count). The third kappa shape index (κ3) is 2.92. The summed E-state index contributed by atoms with van der Waals surface area (Å²) in [7, 11) is -2.49. The number of aromatic nitrogens is 1. The summed E-state index contributed by atoms with van der Waals surface area (Å²) in [6.07, 6.45) is 2.75. The van der Waals surface area contributed by atoms with Gasteiger partial charge in [-0.15, -0.1) is 0 Å². The number of aryl methyl sites for hydroxylation is 1. The Morgan fingerprint density at radius 3 is 2.57 bits per heavy atom. The SMILES string of the molecule is COc1c(C)cccc1C1(C(=O)NS(=O)(=O)c2cccc3ncccc23)CC1. The van der Waals surface area contributed by atoms with Crippen LogP contribution in [-0.4, -0.2) is 26.4 Å². The molecule has 0 unspecified atom stereocenters. The van der Waals surface area contributed by atoms with Gasteiger partial charge in [-0.05, 0) is 49.6 Å². The first kappa shape index (κ1) is 18.4. The predicted molar refractivity (Wildman–Crippen MR) is 106 cm³/mol. The Morgan fingerprint density at radius 1 is 1.11 bits per heavy atom. The lowest BCUT2D eigenvalue weighted by atomic mass is 9.92. The van der Waals surface area contributed by atoms with Crippen molar-refractivity contribution in [3.8, 4) is 5.75 Å². The van der Waals surface area contributed by atoms with Gasteiger partial charge in [0.05, 0.1) is 22.9 Å². The van der Waals surface area contributed by atoms with E-state index in [1.165, 1.54) is 6.07 Å². The van der Waals surface area contributed by atoms with E-state index >= 15 is 0 Å². The number of ether oxygens (including phenoxy) is 1. The normalized spacial score (nSPS) is 15.2. The second-order valence-electron chi connectivity index (χ2n) is 7.00. The van der Waals surface area contributed by atoms with E-state index in [1.54, 1.807) is 37.6 Å². The highest BCUT2D eigenvalue weighted by Gasteiger charge is 2.54. The van der Waals surface area contributed by atoms with Crippen LogP contribution in [0.4, 0.5) is 0 Å². The molecule has 2 aromatic carbocycles. The Labute approximate surface area is 163 Å². The summed E-state index contributed by atoms with van der Waals surface area (Å²) in [6, 6.07) is 13.8. The van der Waals surface area contributed by atoms with Gasteiger partial charge in [0.15, 0.2) is 0 Å². The molecule has 1 saturated carbocycles. The molecule has 0 radical (unpaired) electrons. The zero-order valence-electron chi connectivity index (χ0n) is 15.6. The maximum absolute atomic E-state index is 13.1. The average molecular weight is 396 g/mol. The summed E-state index contributed by atoms with van der Waals surface area (Å²) >= 11 is 0. The van der Waals surface area contributed by atoms with Crippen LogP contribution in [0.1, 0.15) is 24.0 Å². The molecule has 28 heavy (non-hydrogen) atoms. The molecule has 6 nitrogen and oxygen atoms in total. The van der Waals surface area contributed by atoms with Crippen LogP contribution in [0.2, 0.25) is 0 Å². The van der Waals surface area contributed by atoms with Crippen LogP contribution >= 0.6 is 0 Å². The lowest BCUT2D eigenvalue weighted by Gasteiger charge is -2.20. The van der Waals surface area contributed by atoms with Crippen molar-refractivity contribution in [2.75, 3.05) is 7.11 Å². The molecule has 1 fully saturated rings. The second-order valence-corrected chi connectivity index (χ2v) is 8.65. The van der Waals surface area contributed by atoms with Gasteiger partial charge in [-0.25, -0.2) is 13.1 Å². The van der Waals surface area contributed by atoms with Gasteiger partial charge in [-0.2, -0.15) is 0 Å². The summed E-state index contributed by atoms with van der Waals surface area (Å²) in [5, 5.41) is 0.475. The van der Waals surface area contributed by atoms with Crippen LogP contribution in [0.25, 0.3) is 10.9 Å². The van der Waals surface area contributed by atoms with Gasteiger partial charge >= 0.3 is 0 Å². The van der Waals surface area contributed by atoms with Gasteiger partial charge < -0.3 is 4.74 Å². The molecule has 0 saturated heterocycles. The van der Waals surface area contributed by atoms with Gasteiger partial charge in [0, 0.05) is 17.1 Å². The van der Waals surface area contributed by atoms with Crippen molar-refractivity contribution in [1.29, 1.82) is 0 Å². The van der Waals surface area contributed by atoms with Crippen LogP contribution < -0.4 is 9.46 Å². The standard InChI is InChI=1S/C21H20N2O4S/c1-14-6-3-8-16(19(14)27-2)21(11-12-21)20(24)23-28(25,26)18-10-4-9-17-15(18)7-5-13-22-17/h3-10,13H,11-12H2,1-2H3,(H,23,24). The van der Waals surface area contributed by atoms with Crippen LogP contribution in [-0.2, 0) is 20.2 Å². The first-order valence-corrected chi connectivity index (χ1v) is 10.4. The molecule has 1 aliphatic rings. The molecule has 1 aliphatic carbocycles. The van der Waals surface area contributed by atoms with Crippen LogP contribution in [0, 0.1) is 6.92 Å². The number of sulfonamides is 1. The largest absolute Gasteiger partial charge is 0.496 e. The molecule has 0 spiro atoms. The lowest BCUT2D eigenvalue weighted by Crippen LogP contribution is -2.39. The number of nitrogens with one attached hydrogen (secondary N) is 1. The highest BCUT2D eigenvalue weighted by atomic mass is 32.2. The number of hydrogen-bond donors (Lipinski definition) is 1. The van der Waals surface area contributed by atoms with Gasteiger partial charge in [0.25, 0.3) is 10.0 Å². The van der Waals surface area contributed by atoms with Crippen LogP contribution in [0.15, 0.2) is 59.6 Å². The molecule has 3 aromatic rings. The Kier molecular flexibility index (Phi) is 4.34. The fraction of sp³-hybridized carbons (Fsp3) is 0.238. The number of methoxy groups -OCH3 is 1. The predicted octanol–water partition coefficient (Wildman–Crippen LogP) is 3.09. The van der Waals surface area contributed by atoms with Crippen molar-refractivity contribution < 1.29 is 17.9 Å². The minimum absolute atomic E-state index is 0.0402. The van der Waals surface area contributed by atoms with Gasteiger partial charge in [0.1, 0.15) is 5.75 Å². The first-order chi connectivity index (χ1) is 13.4. The van der Waals surface area contributed by atoms with Crippen LogP contribution in [0.3, 0.4) is 0 Å². The molecule has 1 N–H and O–H groups in total. The van der Waals surface area contributed by atoms with Crippen molar-refractivity contribution >= 4 is 26.8 Å². The number of hydrogen-bond acceptors (Lipinski definition) is 5. The topological polar surface area (TPSA) is 85.4 Å². The molecular weight excluding hydrogens is 376 g/mol. The highest BCUT2D eigenvalue weighted by Crippen LogP contribution is 2.52. The third-order valence-electron chi connectivity index (χ3n) is 5.24. The first-order valence-electron chi connectivity index (χ1n) is 8.94. The van der Waals surface area contributed by atoms with E-state index in [9.17, 15) is 13.2 Å². The summed E-state index contributed by atoms with van der Waals surface area (Å²) in [6.45, 7) is 1.90. The van der Waals surface area contributed by atoms with Crippen molar-refractivity contribution in [2.24, 2.45) is 0 Å². The summed E-state index contributed by atoms with van der Waals surface area (Å²) in [5.74, 6) is 0.0965. The van der Waals surface area contributed by atoms with Gasteiger partial charge in [0.2, 0.25) is 5.91 Å². The second kappa shape index (κ2) is 6.60. The fourth-order valence-corrected chi connectivity index (χ4v) is 4.90. The van der Waals surface area contributed by atoms with E-state index in [1.807, 2.05) is 25.1 Å². The Bertz CT molecular complexity index is 1180. The minimum atomic E-state index is -4.05. The zero-order valence-corrected chi connectivity index (χ0v) is 16.4. The number of para-hydroxylation sites is 1. The van der Waals surface area contributed by atoms with Gasteiger partial charge in [-0.1, -0.05) is 24.3 Å². The molecule has 1 amide bonds. The van der Waals surface area contributed by atoms with E-state index in [-0.39, 0.29) is 4.90 Å². The van der Waals surface area contributed by atoms with E-state index in [0.29, 0.717) is 29.5 Å². The summed E-state index contributed by atoms with van der Waals surface area (Å²) in [4.78, 5) is 17.3. The lowest BCUT2D eigenvalue weighted by molar-refractivity contribution is -0.121. The number of fused-ring (bicyclic) bond motifs is 1. The summed E-state index contributed by atoms with van der Waals surface area (Å²) < 4.78 is 33.8. The fourth-order valence-electron chi connectivity index (χ4n) is 3.63. The van der Waals surface area contributed by atoms with E-state index in [2.05, 4.69) is 9.71 Å². The number of rotatable bonds is 5. The number of pyridine rings is 1. The molecular formula is C21H20N2O4S. The van der Waals surface area contributed by atoms with E-state index in [0.717, 1.165) is 11.1 Å². The quantitative estimate of drug-likeness (QED) is 0.716. The van der Waals surface area contributed by atoms with Crippen molar-refractivity contribution in [2.45, 2.75) is 30.1 Å². The molecule has 0 atom stereocenters. The van der Waals surface area contributed by atoms with Crippen LogP contribution in [0.5, 0.6) is 5.75 Å². The Balaban J connectivity index is 1.71. The monoisotopic (exact) mass is 396 g/mol. The highest BCUT2D eigenvalue weighted by molar-refractivity contribution is 7.90. The average Bonchev–Trinajstić information content (AvgIpc) is 3.49. The van der Waals surface area contributed by atoms with E-state index in [4.69, 9.17) is 4.74 Å². The maximum atomic E-state index is 13.1. The maximum Gasteiger partial charge on any atom is 0.264 e. The number of carbonyl (C=O) groups is 1. The Morgan fingerprint density at radius 2 is 1.86 bits per heavy atom. The molecule has 0 bridgehead atoms. The number of nitrogens with zero attached hydrogens (tertiary/aromatic N) is 1. The molecule has 7 heteroatoms. The number of carbonyl (C=O) groups excluding carboxylic acids is 1. The number of benzene rings is 2. The Hall–Kier alpha value is -2.93. The smallest absolute Gasteiger partial charge is 0.264 e. The molecule has 1 heterocycles. The van der Waals surface area contributed by atoms with E-state index < -0.39 is 21.3 Å². The van der Waals surface area contributed by atoms with Gasteiger partial charge in [-0.3, -0.25) is 9.78 Å². The van der Waals surface area contributed by atoms with Crippen molar-refractivity contribution in [3.05, 3.63) is 65.9 Å². The molecule has 1 aromatic heterocycles. The number of amides is 1. The third-order valence-corrected chi connectivity index (χ3v) is 6.63. The minimum Gasteiger partial charge on any atom is -0.496 e. The summed E-state index contributed by atoms with van der Waals surface area (Å²) in [5.41, 5.74) is 1.30. The van der Waals surface area contributed by atoms with Crippen molar-refractivity contribution in [1.82, 2.24) is 9.71 Å². The molecule has 144 valence electrons. The van der Waals surface area contributed by atoms with Crippen molar-refractivity contribution in [3.63, 3.8) is 0 Å².